The standard InChI is InChI=1S/C20H26N2O3/c1-15(2)19(14-23)22(13-16-8-5-4-6-9-16)20(24)21-17-10-7-11-18(12-17)25-3/h4-12,15,19,23H,13-14H2,1-3H3,(H,21,24). The van der Waals surface area contributed by atoms with Crippen molar-refractivity contribution in [3.8, 4) is 5.75 Å². The van der Waals surface area contributed by atoms with Gasteiger partial charge in [-0.15, -0.1) is 0 Å². The number of anilines is 1. The Morgan fingerprint density at radius 3 is 2.48 bits per heavy atom. The van der Waals surface area contributed by atoms with Gasteiger partial charge in [-0.1, -0.05) is 50.2 Å². The van der Waals surface area contributed by atoms with Crippen LogP contribution in [-0.4, -0.2) is 35.8 Å². The van der Waals surface area contributed by atoms with Crippen molar-refractivity contribution in [2.75, 3.05) is 19.0 Å². The molecule has 1 unspecified atom stereocenters. The molecule has 0 saturated carbocycles. The van der Waals surface area contributed by atoms with E-state index in [-0.39, 0.29) is 24.6 Å². The molecule has 0 radical (unpaired) electrons. The van der Waals surface area contributed by atoms with Crippen LogP contribution in [0.4, 0.5) is 10.5 Å². The van der Waals surface area contributed by atoms with Crippen molar-refractivity contribution in [2.24, 2.45) is 5.92 Å². The van der Waals surface area contributed by atoms with Crippen molar-refractivity contribution in [3.63, 3.8) is 0 Å². The predicted molar refractivity (Wildman–Crippen MR) is 99.7 cm³/mol. The van der Waals surface area contributed by atoms with Gasteiger partial charge in [0.25, 0.3) is 0 Å². The summed E-state index contributed by atoms with van der Waals surface area (Å²) in [5.41, 5.74) is 1.67. The maximum atomic E-state index is 12.9. The second kappa shape index (κ2) is 9.08. The molecule has 0 aromatic heterocycles. The van der Waals surface area contributed by atoms with Crippen LogP contribution in [0.1, 0.15) is 19.4 Å². The molecule has 0 aliphatic heterocycles. The SMILES string of the molecule is COc1cccc(NC(=O)N(Cc2ccccc2)C(CO)C(C)C)c1. The molecule has 2 aromatic carbocycles. The van der Waals surface area contributed by atoms with Gasteiger partial charge in [-0.3, -0.25) is 0 Å². The highest BCUT2D eigenvalue weighted by atomic mass is 16.5. The first-order valence-corrected chi connectivity index (χ1v) is 8.41. The highest BCUT2D eigenvalue weighted by Gasteiger charge is 2.26. The largest absolute Gasteiger partial charge is 0.497 e. The van der Waals surface area contributed by atoms with Crippen LogP contribution < -0.4 is 10.1 Å². The summed E-state index contributed by atoms with van der Waals surface area (Å²) in [6, 6.07) is 16.5. The predicted octanol–water partition coefficient (Wildman–Crippen LogP) is 3.75. The van der Waals surface area contributed by atoms with E-state index in [0.29, 0.717) is 18.0 Å². The topological polar surface area (TPSA) is 61.8 Å². The third-order valence-corrected chi connectivity index (χ3v) is 4.13. The zero-order chi connectivity index (χ0) is 18.2. The molecule has 0 aliphatic rings. The van der Waals surface area contributed by atoms with Crippen molar-refractivity contribution in [1.82, 2.24) is 4.90 Å². The van der Waals surface area contributed by atoms with Crippen LogP contribution >= 0.6 is 0 Å². The Kier molecular flexibility index (Phi) is 6.83. The van der Waals surface area contributed by atoms with Gasteiger partial charge in [0, 0.05) is 18.3 Å². The summed E-state index contributed by atoms with van der Waals surface area (Å²) in [6.45, 7) is 4.34. The molecule has 0 spiro atoms. The number of ether oxygens (including phenoxy) is 1. The molecule has 25 heavy (non-hydrogen) atoms. The van der Waals surface area contributed by atoms with Crippen molar-refractivity contribution in [2.45, 2.75) is 26.4 Å². The average molecular weight is 342 g/mol. The van der Waals surface area contributed by atoms with Crippen LogP contribution in [0.25, 0.3) is 0 Å². The van der Waals surface area contributed by atoms with Gasteiger partial charge >= 0.3 is 6.03 Å². The minimum absolute atomic E-state index is 0.0873. The molecular formula is C20H26N2O3. The van der Waals surface area contributed by atoms with Crippen LogP contribution in [0, 0.1) is 5.92 Å². The third kappa shape index (κ3) is 5.22. The monoisotopic (exact) mass is 342 g/mol. The number of hydrogen-bond donors (Lipinski definition) is 2. The summed E-state index contributed by atoms with van der Waals surface area (Å²) in [5.74, 6) is 0.805. The van der Waals surface area contributed by atoms with E-state index in [0.717, 1.165) is 5.56 Å². The smallest absolute Gasteiger partial charge is 0.322 e. The molecule has 2 aromatic rings. The van der Waals surface area contributed by atoms with E-state index in [1.165, 1.54) is 0 Å². The van der Waals surface area contributed by atoms with Crippen molar-refractivity contribution >= 4 is 11.7 Å². The molecule has 134 valence electrons. The summed E-state index contributed by atoms with van der Waals surface area (Å²) < 4.78 is 5.19. The first-order valence-electron chi connectivity index (χ1n) is 8.41. The Bertz CT molecular complexity index is 674. The molecule has 2 amide bonds. The normalized spacial score (nSPS) is 11.9. The average Bonchev–Trinajstić information content (AvgIpc) is 2.62. The van der Waals surface area contributed by atoms with Gasteiger partial charge in [0.2, 0.25) is 0 Å². The van der Waals surface area contributed by atoms with Gasteiger partial charge in [0.15, 0.2) is 0 Å². The lowest BCUT2D eigenvalue weighted by molar-refractivity contribution is 0.110. The number of nitrogens with zero attached hydrogens (tertiary/aromatic N) is 1. The van der Waals surface area contributed by atoms with Crippen molar-refractivity contribution < 1.29 is 14.6 Å². The number of aliphatic hydroxyl groups is 1. The van der Waals surface area contributed by atoms with E-state index in [9.17, 15) is 9.90 Å². The first-order chi connectivity index (χ1) is 12.0. The lowest BCUT2D eigenvalue weighted by Crippen LogP contribution is -2.47. The fourth-order valence-corrected chi connectivity index (χ4v) is 2.69. The summed E-state index contributed by atoms with van der Waals surface area (Å²) in [4.78, 5) is 14.6. The first kappa shape index (κ1) is 18.8. The van der Waals surface area contributed by atoms with Crippen LogP contribution in [0.5, 0.6) is 5.75 Å². The second-order valence-electron chi connectivity index (χ2n) is 6.27. The number of amides is 2. The van der Waals surface area contributed by atoms with Crippen LogP contribution in [0.3, 0.4) is 0 Å². The number of carbonyl (C=O) groups excluding carboxylic acids is 1. The number of carbonyl (C=O) groups is 1. The quantitative estimate of drug-likeness (QED) is 0.806. The number of nitrogens with one attached hydrogen (secondary N) is 1. The number of methoxy groups -OCH3 is 1. The fraction of sp³-hybridized carbons (Fsp3) is 0.350. The summed E-state index contributed by atoms with van der Waals surface area (Å²) in [7, 11) is 1.59. The van der Waals surface area contributed by atoms with E-state index >= 15 is 0 Å². The molecule has 2 N–H and O–H groups in total. The lowest BCUT2D eigenvalue weighted by Gasteiger charge is -2.33. The Morgan fingerprint density at radius 1 is 1.16 bits per heavy atom. The molecule has 2 rings (SSSR count). The Balaban J connectivity index is 2.22. The molecule has 0 aliphatic carbocycles. The van der Waals surface area contributed by atoms with Gasteiger partial charge < -0.3 is 20.1 Å². The molecule has 5 nitrogen and oxygen atoms in total. The van der Waals surface area contributed by atoms with Crippen LogP contribution in [0.15, 0.2) is 54.6 Å². The third-order valence-electron chi connectivity index (χ3n) is 4.13. The van der Waals surface area contributed by atoms with E-state index in [2.05, 4.69) is 5.32 Å². The number of hydrogen-bond acceptors (Lipinski definition) is 3. The summed E-state index contributed by atoms with van der Waals surface area (Å²) >= 11 is 0. The van der Waals surface area contributed by atoms with Crippen molar-refractivity contribution in [1.29, 1.82) is 0 Å². The molecule has 0 heterocycles. The molecule has 0 fully saturated rings. The van der Waals surface area contributed by atoms with Gasteiger partial charge in [-0.2, -0.15) is 0 Å². The Hall–Kier alpha value is -2.53. The van der Waals surface area contributed by atoms with Gasteiger partial charge in [0.1, 0.15) is 5.75 Å². The molecular weight excluding hydrogens is 316 g/mol. The van der Waals surface area contributed by atoms with Crippen LogP contribution in [0.2, 0.25) is 0 Å². The summed E-state index contributed by atoms with van der Waals surface area (Å²) in [5, 5.41) is 12.7. The highest BCUT2D eigenvalue weighted by molar-refractivity contribution is 5.89. The zero-order valence-electron chi connectivity index (χ0n) is 15.0. The zero-order valence-corrected chi connectivity index (χ0v) is 15.0. The minimum atomic E-state index is -0.272. The van der Waals surface area contributed by atoms with Gasteiger partial charge in [-0.05, 0) is 23.6 Å². The highest BCUT2D eigenvalue weighted by Crippen LogP contribution is 2.20. The molecule has 5 heteroatoms. The lowest BCUT2D eigenvalue weighted by atomic mass is 10.0. The molecule has 0 bridgehead atoms. The van der Waals surface area contributed by atoms with Crippen LogP contribution in [-0.2, 0) is 6.54 Å². The minimum Gasteiger partial charge on any atom is -0.497 e. The maximum Gasteiger partial charge on any atom is 0.322 e. The number of urea groups is 1. The number of benzene rings is 2. The van der Waals surface area contributed by atoms with E-state index in [1.54, 1.807) is 18.1 Å². The summed E-state index contributed by atoms with van der Waals surface area (Å²) in [6.07, 6.45) is 0. The fourth-order valence-electron chi connectivity index (χ4n) is 2.69. The maximum absolute atomic E-state index is 12.9. The van der Waals surface area contributed by atoms with E-state index in [1.807, 2.05) is 62.4 Å². The number of rotatable bonds is 7. The second-order valence-corrected chi connectivity index (χ2v) is 6.27. The molecule has 1 atom stereocenters. The van der Waals surface area contributed by atoms with Crippen molar-refractivity contribution in [3.05, 3.63) is 60.2 Å². The Labute approximate surface area is 149 Å². The van der Waals surface area contributed by atoms with E-state index in [4.69, 9.17) is 4.74 Å². The van der Waals surface area contributed by atoms with Gasteiger partial charge in [0.05, 0.1) is 19.8 Å². The molecule has 0 saturated heterocycles. The Morgan fingerprint density at radius 2 is 1.88 bits per heavy atom. The van der Waals surface area contributed by atoms with E-state index < -0.39 is 0 Å². The van der Waals surface area contributed by atoms with Gasteiger partial charge in [-0.25, -0.2) is 4.79 Å². The number of aliphatic hydroxyl groups excluding tert-OH is 1.